The van der Waals surface area contributed by atoms with Crippen molar-refractivity contribution in [1.82, 2.24) is 9.80 Å². The summed E-state index contributed by atoms with van der Waals surface area (Å²) in [7, 11) is 0. The summed E-state index contributed by atoms with van der Waals surface area (Å²) in [6, 6.07) is 0. The van der Waals surface area contributed by atoms with Gasteiger partial charge in [0.1, 0.15) is 0 Å². The number of rotatable bonds is 23. The highest BCUT2D eigenvalue weighted by molar-refractivity contribution is 7.80. The lowest BCUT2D eigenvalue weighted by Gasteiger charge is -2.42. The average molecular weight is 739 g/mol. The third-order valence-corrected chi connectivity index (χ3v) is 6.59. The molecule has 22 nitrogen and oxygen atoms in total. The van der Waals surface area contributed by atoms with Crippen molar-refractivity contribution in [2.45, 2.75) is 49.0 Å². The molecule has 0 aliphatic rings. The number of carboxylic acid groups (broad SMARTS) is 8. The zero-order valence-electron chi connectivity index (χ0n) is 25.3. The van der Waals surface area contributed by atoms with Crippen LogP contribution in [0.3, 0.4) is 0 Å². The molecule has 0 saturated carbocycles. The van der Waals surface area contributed by atoms with Crippen LogP contribution in [0.2, 0.25) is 0 Å². The van der Waals surface area contributed by atoms with E-state index in [1.807, 2.05) is 0 Å². The van der Waals surface area contributed by atoms with Crippen LogP contribution in [0, 0.1) is 0 Å². The van der Waals surface area contributed by atoms with E-state index in [2.05, 4.69) is 25.3 Å². The summed E-state index contributed by atoms with van der Waals surface area (Å²) in [4.78, 5) is 87.5. The van der Waals surface area contributed by atoms with Gasteiger partial charge in [-0.05, 0) is 0 Å². The molecule has 0 aromatic heterocycles. The molecule has 0 fully saturated rings. The smallest absolute Gasteiger partial charge is 0.317 e. The molecule has 0 unspecified atom stereocenters. The number of aliphatic hydroxyl groups is 2. The van der Waals surface area contributed by atoms with Crippen molar-refractivity contribution in [2.75, 3.05) is 50.8 Å². The summed E-state index contributed by atoms with van der Waals surface area (Å²) in [5.74, 6) is -10.4. The number of aliphatic hydroxyl groups excluding tert-OH is 2. The molecule has 0 radical (unpaired) electrons. The summed E-state index contributed by atoms with van der Waals surface area (Å²) in [5, 5.41) is 87.0. The number of carboxylic acids is 8. The fraction of sp³-hybridized carbons (Fsp3) is 0.667. The Balaban J connectivity index is -0.000000689. The van der Waals surface area contributed by atoms with E-state index >= 15 is 0 Å². The highest BCUT2D eigenvalue weighted by atomic mass is 32.1. The maximum atomic E-state index is 10.8. The van der Waals surface area contributed by atoms with Gasteiger partial charge in [-0.1, -0.05) is 0 Å². The van der Waals surface area contributed by atoms with Gasteiger partial charge in [0.25, 0.3) is 0 Å². The molecule has 0 rings (SSSR count). The lowest BCUT2D eigenvalue weighted by molar-refractivity contribution is -0.150. The van der Waals surface area contributed by atoms with E-state index in [-0.39, 0.29) is 24.6 Å². The van der Waals surface area contributed by atoms with Crippen LogP contribution in [0.25, 0.3) is 0 Å². The van der Waals surface area contributed by atoms with Gasteiger partial charge in [0.2, 0.25) is 0 Å². The molecule has 0 aliphatic heterocycles. The molecule has 0 amide bonds. The first kappa shape index (κ1) is 48.6. The van der Waals surface area contributed by atoms with Crippen molar-refractivity contribution in [2.24, 2.45) is 11.5 Å². The van der Waals surface area contributed by atoms with Gasteiger partial charge in [0.15, 0.2) is 0 Å². The van der Waals surface area contributed by atoms with Gasteiger partial charge in [-0.25, -0.2) is 0 Å². The standard InChI is InChI=1S/2C10H16N2O8.C4H10O2S2/c11-9(1-5(13)14,2-6(15)16)10(12,3-7(17)18)4-8(19)20;13-7(14)3-11(4-8(15)16)1-2-12(5-9(17)18)6-10(19)20;5-3(1-7)4(6)2-8/h1-4,11-12H2,(H,13,14)(H,15,16)(H,17,18)(H,19,20);1-6H2,(H,13,14)(H,15,16)(H,17,18)(H,19,20);3-8H,1-2H2/t;;3-,4-/m..1/s1. The molecule has 278 valence electrons. The van der Waals surface area contributed by atoms with Gasteiger partial charge in [0.05, 0.1) is 75.1 Å². The van der Waals surface area contributed by atoms with Crippen LogP contribution in [-0.4, -0.2) is 183 Å². The van der Waals surface area contributed by atoms with E-state index in [0.29, 0.717) is 0 Å². The molecule has 48 heavy (non-hydrogen) atoms. The number of carbonyl (C=O) groups is 8. The summed E-state index contributed by atoms with van der Waals surface area (Å²) in [5.41, 5.74) is 6.88. The summed E-state index contributed by atoms with van der Waals surface area (Å²) in [6.45, 7) is -2.25. The predicted octanol–water partition coefficient (Wildman–Crippen LogP) is -4.22. The Bertz CT molecular complexity index is 963. The molecule has 0 spiro atoms. The molecule has 0 bridgehead atoms. The lowest BCUT2D eigenvalue weighted by atomic mass is 9.69. The number of thiol groups is 2. The third-order valence-electron chi connectivity index (χ3n) is 5.84. The fourth-order valence-electron chi connectivity index (χ4n) is 3.63. The van der Waals surface area contributed by atoms with Crippen LogP contribution >= 0.6 is 25.3 Å². The normalized spacial score (nSPS) is 12.4. The molecular weight excluding hydrogens is 696 g/mol. The van der Waals surface area contributed by atoms with Crippen LogP contribution in [-0.2, 0) is 38.4 Å². The SMILES string of the molecule is NC(CC(=O)O)(CC(=O)O)C(N)(CC(=O)O)CC(=O)O.O=C(O)CN(CCN(CC(=O)O)CC(=O)O)CC(=O)O.O[C@H](CS)[C@H](O)CS. The van der Waals surface area contributed by atoms with E-state index < -0.39 is 123 Å². The van der Waals surface area contributed by atoms with Gasteiger partial charge >= 0.3 is 47.8 Å². The first-order chi connectivity index (χ1) is 21.8. The van der Waals surface area contributed by atoms with Crippen LogP contribution in [0.15, 0.2) is 0 Å². The second-order valence-corrected chi connectivity index (χ2v) is 10.8. The van der Waals surface area contributed by atoms with E-state index in [4.69, 9.17) is 62.5 Å². The molecule has 0 saturated heterocycles. The highest BCUT2D eigenvalue weighted by Crippen LogP contribution is 2.31. The van der Waals surface area contributed by atoms with Crippen molar-refractivity contribution in [3.05, 3.63) is 0 Å². The predicted molar refractivity (Wildman–Crippen MR) is 166 cm³/mol. The molecule has 2 atom stereocenters. The first-order valence-electron chi connectivity index (χ1n) is 13.2. The fourth-order valence-corrected chi connectivity index (χ4v) is 4.11. The Hall–Kier alpha value is -3.78. The molecular formula is C24H42N4O18S2. The van der Waals surface area contributed by atoms with Crippen LogP contribution < -0.4 is 11.5 Å². The van der Waals surface area contributed by atoms with Crippen molar-refractivity contribution < 1.29 is 89.4 Å². The second kappa shape index (κ2) is 24.4. The first-order valence-corrected chi connectivity index (χ1v) is 14.5. The van der Waals surface area contributed by atoms with E-state index in [9.17, 15) is 38.4 Å². The Kier molecular flexibility index (Phi) is 24.7. The quantitative estimate of drug-likeness (QED) is 0.0441. The van der Waals surface area contributed by atoms with Crippen molar-refractivity contribution in [3.63, 3.8) is 0 Å². The van der Waals surface area contributed by atoms with E-state index in [1.165, 1.54) is 0 Å². The van der Waals surface area contributed by atoms with Crippen LogP contribution in [0.5, 0.6) is 0 Å². The van der Waals surface area contributed by atoms with Gasteiger partial charge in [-0.15, -0.1) is 0 Å². The second-order valence-electron chi connectivity index (χ2n) is 10.1. The van der Waals surface area contributed by atoms with Crippen molar-refractivity contribution in [3.8, 4) is 0 Å². The summed E-state index contributed by atoms with van der Waals surface area (Å²) in [6.07, 6.45) is -5.38. The number of hydrogen-bond donors (Lipinski definition) is 14. The maximum Gasteiger partial charge on any atom is 0.317 e. The Morgan fingerprint density at radius 3 is 0.771 bits per heavy atom. The third kappa shape index (κ3) is 24.4. The van der Waals surface area contributed by atoms with E-state index in [0.717, 1.165) is 9.80 Å². The minimum Gasteiger partial charge on any atom is -0.481 e. The zero-order chi connectivity index (χ0) is 38.4. The maximum absolute atomic E-state index is 10.8. The molecule has 0 heterocycles. The number of hydrogen-bond acceptors (Lipinski definition) is 16. The molecule has 0 aliphatic carbocycles. The van der Waals surface area contributed by atoms with Gasteiger partial charge in [-0.3, -0.25) is 48.2 Å². The van der Waals surface area contributed by atoms with E-state index in [1.54, 1.807) is 0 Å². The Morgan fingerprint density at radius 1 is 0.458 bits per heavy atom. The van der Waals surface area contributed by atoms with Gasteiger partial charge < -0.3 is 62.5 Å². The van der Waals surface area contributed by atoms with Crippen LogP contribution in [0.4, 0.5) is 0 Å². The number of nitrogens with two attached hydrogens (primary N) is 2. The number of nitrogens with zero attached hydrogens (tertiary/aromatic N) is 2. The molecule has 0 aromatic rings. The minimum absolute atomic E-state index is 0.0703. The summed E-state index contributed by atoms with van der Waals surface area (Å²) >= 11 is 7.53. The number of aliphatic carboxylic acids is 8. The van der Waals surface area contributed by atoms with Crippen molar-refractivity contribution in [1.29, 1.82) is 0 Å². The molecule has 0 aromatic carbocycles. The monoisotopic (exact) mass is 738 g/mol. The highest BCUT2D eigenvalue weighted by Gasteiger charge is 2.51. The largest absolute Gasteiger partial charge is 0.481 e. The molecule has 14 N–H and O–H groups in total. The lowest BCUT2D eigenvalue weighted by Crippen LogP contribution is -2.68. The van der Waals surface area contributed by atoms with Crippen LogP contribution in [0.1, 0.15) is 25.7 Å². The Labute approximate surface area is 283 Å². The average Bonchev–Trinajstić information content (AvgIpc) is 2.88. The van der Waals surface area contributed by atoms with Gasteiger partial charge in [-0.2, -0.15) is 25.3 Å². The molecule has 24 heteroatoms. The van der Waals surface area contributed by atoms with Gasteiger partial charge in [0, 0.05) is 24.6 Å². The Morgan fingerprint density at radius 2 is 0.646 bits per heavy atom. The summed E-state index contributed by atoms with van der Waals surface area (Å²) < 4.78 is 0. The minimum atomic E-state index is -2.22. The zero-order valence-corrected chi connectivity index (χ0v) is 27.1. The topological polar surface area (TPSA) is 397 Å². The van der Waals surface area contributed by atoms with Crippen molar-refractivity contribution >= 4 is 73.0 Å².